The zero-order chi connectivity index (χ0) is 19.6. The van der Waals surface area contributed by atoms with Crippen molar-refractivity contribution in [2.75, 3.05) is 0 Å². The molecule has 0 aliphatic carbocycles. The first-order chi connectivity index (χ1) is 12.9. The van der Waals surface area contributed by atoms with Gasteiger partial charge in [0.1, 0.15) is 12.1 Å². The van der Waals surface area contributed by atoms with Crippen LogP contribution in [0.1, 0.15) is 37.5 Å². The Morgan fingerprint density at radius 3 is 1.37 bits per heavy atom. The third-order valence-corrected chi connectivity index (χ3v) is 4.54. The fourth-order valence-electron chi connectivity index (χ4n) is 3.47. The SMILES string of the molecule is CC(C)(C)c1c(-c2ccccc2)c(C#N)c(F)c(C#N)c1-c1ccccc1. The molecule has 132 valence electrons. The van der Waals surface area contributed by atoms with Crippen LogP contribution in [0.4, 0.5) is 4.39 Å². The van der Waals surface area contributed by atoms with Crippen LogP contribution in [0.2, 0.25) is 0 Å². The molecule has 27 heavy (non-hydrogen) atoms. The Morgan fingerprint density at radius 1 is 0.704 bits per heavy atom. The second-order valence-electron chi connectivity index (χ2n) is 7.39. The number of nitrogens with zero attached hydrogens (tertiary/aromatic N) is 2. The van der Waals surface area contributed by atoms with Crippen molar-refractivity contribution < 1.29 is 4.39 Å². The molecule has 3 rings (SSSR count). The van der Waals surface area contributed by atoms with Gasteiger partial charge in [-0.25, -0.2) is 4.39 Å². The lowest BCUT2D eigenvalue weighted by Gasteiger charge is -2.29. The third kappa shape index (κ3) is 3.21. The van der Waals surface area contributed by atoms with Crippen LogP contribution in [0.3, 0.4) is 0 Å². The molecule has 0 spiro atoms. The highest BCUT2D eigenvalue weighted by atomic mass is 19.1. The van der Waals surface area contributed by atoms with E-state index in [1.165, 1.54) is 0 Å². The summed E-state index contributed by atoms with van der Waals surface area (Å²) in [6.45, 7) is 6.05. The van der Waals surface area contributed by atoms with Crippen molar-refractivity contribution in [1.82, 2.24) is 0 Å². The zero-order valence-electron chi connectivity index (χ0n) is 15.5. The van der Waals surface area contributed by atoms with Crippen LogP contribution in [0, 0.1) is 28.5 Å². The van der Waals surface area contributed by atoms with E-state index in [2.05, 4.69) is 0 Å². The molecule has 0 N–H and O–H groups in total. The van der Waals surface area contributed by atoms with E-state index >= 15 is 4.39 Å². The van der Waals surface area contributed by atoms with Gasteiger partial charge in [0, 0.05) is 11.1 Å². The molecular formula is C24H19FN2. The summed E-state index contributed by atoms with van der Waals surface area (Å²) < 4.78 is 15.3. The number of halogens is 1. The van der Waals surface area contributed by atoms with Crippen molar-refractivity contribution in [3.8, 4) is 34.4 Å². The first-order valence-corrected chi connectivity index (χ1v) is 8.71. The monoisotopic (exact) mass is 354 g/mol. The summed E-state index contributed by atoms with van der Waals surface area (Å²) in [5.41, 5.74) is 2.86. The van der Waals surface area contributed by atoms with Gasteiger partial charge in [0.15, 0.2) is 5.82 Å². The van der Waals surface area contributed by atoms with Crippen molar-refractivity contribution in [1.29, 1.82) is 10.5 Å². The quantitative estimate of drug-likeness (QED) is 0.550. The molecule has 0 atom stereocenters. The first kappa shape index (κ1) is 18.4. The summed E-state index contributed by atoms with van der Waals surface area (Å²) in [6.07, 6.45) is 0. The van der Waals surface area contributed by atoms with E-state index in [1.807, 2.05) is 93.6 Å². The molecule has 2 nitrogen and oxygen atoms in total. The minimum atomic E-state index is -0.759. The predicted octanol–water partition coefficient (Wildman–Crippen LogP) is 6.20. The van der Waals surface area contributed by atoms with Crippen LogP contribution >= 0.6 is 0 Å². The molecule has 0 unspecified atom stereocenters. The van der Waals surface area contributed by atoms with E-state index < -0.39 is 11.2 Å². The van der Waals surface area contributed by atoms with E-state index in [0.717, 1.165) is 16.7 Å². The molecule has 0 aromatic heterocycles. The number of benzene rings is 3. The van der Waals surface area contributed by atoms with Gasteiger partial charge >= 0.3 is 0 Å². The number of hydrogen-bond acceptors (Lipinski definition) is 2. The lowest BCUT2D eigenvalue weighted by molar-refractivity contribution is 0.584. The average Bonchev–Trinajstić information content (AvgIpc) is 2.67. The largest absolute Gasteiger partial charge is 0.204 e. The summed E-state index contributed by atoms with van der Waals surface area (Å²) in [5, 5.41) is 19.5. The van der Waals surface area contributed by atoms with Gasteiger partial charge in [-0.1, -0.05) is 81.4 Å². The Balaban J connectivity index is 2.61. The van der Waals surface area contributed by atoms with Gasteiger partial charge in [-0.15, -0.1) is 0 Å². The Hall–Kier alpha value is -3.43. The molecule has 0 aliphatic rings. The molecule has 0 fully saturated rings. The molecule has 3 aromatic rings. The normalized spacial score (nSPS) is 10.9. The second kappa shape index (κ2) is 7.06. The summed E-state index contributed by atoms with van der Waals surface area (Å²) in [5.74, 6) is -0.759. The van der Waals surface area contributed by atoms with Crippen LogP contribution in [-0.4, -0.2) is 0 Å². The number of hydrogen-bond donors (Lipinski definition) is 0. The Labute approximate surface area is 159 Å². The maximum absolute atomic E-state index is 15.3. The third-order valence-electron chi connectivity index (χ3n) is 4.54. The van der Waals surface area contributed by atoms with Gasteiger partial charge in [-0.05, 0) is 22.1 Å². The lowest BCUT2D eigenvalue weighted by atomic mass is 9.74. The van der Waals surface area contributed by atoms with Gasteiger partial charge in [-0.2, -0.15) is 10.5 Å². The van der Waals surface area contributed by atoms with Crippen molar-refractivity contribution in [2.45, 2.75) is 26.2 Å². The van der Waals surface area contributed by atoms with Crippen LogP contribution in [-0.2, 0) is 5.41 Å². The average molecular weight is 354 g/mol. The maximum Gasteiger partial charge on any atom is 0.159 e. The summed E-state index contributed by atoms with van der Waals surface area (Å²) >= 11 is 0. The molecule has 3 aromatic carbocycles. The zero-order valence-corrected chi connectivity index (χ0v) is 15.5. The molecule has 0 saturated heterocycles. The van der Waals surface area contributed by atoms with E-state index in [4.69, 9.17) is 0 Å². The molecular weight excluding hydrogens is 335 g/mol. The summed E-state index contributed by atoms with van der Waals surface area (Å²) in [6, 6.07) is 22.7. The van der Waals surface area contributed by atoms with Crippen LogP contribution in [0.25, 0.3) is 22.3 Å². The minimum Gasteiger partial charge on any atom is -0.204 e. The molecule has 0 aliphatic heterocycles. The topological polar surface area (TPSA) is 47.6 Å². The smallest absolute Gasteiger partial charge is 0.159 e. The molecule has 0 bridgehead atoms. The maximum atomic E-state index is 15.3. The van der Waals surface area contributed by atoms with Gasteiger partial charge in [-0.3, -0.25) is 0 Å². The van der Waals surface area contributed by atoms with E-state index in [9.17, 15) is 10.5 Å². The highest BCUT2D eigenvalue weighted by molar-refractivity contribution is 5.87. The van der Waals surface area contributed by atoms with E-state index in [-0.39, 0.29) is 11.1 Å². The Bertz CT molecular complexity index is 985. The molecule has 0 radical (unpaired) electrons. The number of nitriles is 2. The highest BCUT2D eigenvalue weighted by Crippen LogP contribution is 2.45. The van der Waals surface area contributed by atoms with Gasteiger partial charge in [0.05, 0.1) is 11.1 Å². The van der Waals surface area contributed by atoms with E-state index in [1.54, 1.807) is 0 Å². The second-order valence-corrected chi connectivity index (χ2v) is 7.39. The van der Waals surface area contributed by atoms with Gasteiger partial charge in [0.25, 0.3) is 0 Å². The van der Waals surface area contributed by atoms with Gasteiger partial charge < -0.3 is 0 Å². The van der Waals surface area contributed by atoms with Crippen LogP contribution < -0.4 is 0 Å². The van der Waals surface area contributed by atoms with Crippen molar-refractivity contribution >= 4 is 0 Å². The standard InChI is InChI=1S/C24H19FN2/c1-24(2,3)22-20(16-10-6-4-7-11-16)18(14-26)23(25)19(15-27)21(22)17-12-8-5-9-13-17/h4-13H,1-3H3. The minimum absolute atomic E-state index is 0.0812. The van der Waals surface area contributed by atoms with Crippen LogP contribution in [0.5, 0.6) is 0 Å². The fraction of sp³-hybridized carbons (Fsp3) is 0.167. The molecule has 0 amide bonds. The number of rotatable bonds is 2. The van der Waals surface area contributed by atoms with Crippen molar-refractivity contribution in [3.05, 3.63) is 83.2 Å². The predicted molar refractivity (Wildman–Crippen MR) is 105 cm³/mol. The Morgan fingerprint density at radius 2 is 1.07 bits per heavy atom. The first-order valence-electron chi connectivity index (χ1n) is 8.71. The molecule has 0 saturated carbocycles. The van der Waals surface area contributed by atoms with Crippen LogP contribution in [0.15, 0.2) is 60.7 Å². The van der Waals surface area contributed by atoms with Crippen molar-refractivity contribution in [3.63, 3.8) is 0 Å². The molecule has 0 heterocycles. The van der Waals surface area contributed by atoms with E-state index in [0.29, 0.717) is 11.1 Å². The molecule has 3 heteroatoms. The van der Waals surface area contributed by atoms with Crippen molar-refractivity contribution in [2.24, 2.45) is 0 Å². The Kier molecular flexibility index (Phi) is 4.80. The highest BCUT2D eigenvalue weighted by Gasteiger charge is 2.31. The summed E-state index contributed by atoms with van der Waals surface area (Å²) in [4.78, 5) is 0. The summed E-state index contributed by atoms with van der Waals surface area (Å²) in [7, 11) is 0. The van der Waals surface area contributed by atoms with Gasteiger partial charge in [0.2, 0.25) is 0 Å². The lowest BCUT2D eigenvalue weighted by Crippen LogP contribution is -2.18. The fourth-order valence-corrected chi connectivity index (χ4v) is 3.47.